The number of nitrogens with one attached hydrogen (secondary N) is 1. The average molecular weight is 458 g/mol. The van der Waals surface area contributed by atoms with E-state index in [1.54, 1.807) is 35.1 Å². The van der Waals surface area contributed by atoms with Gasteiger partial charge in [-0.05, 0) is 31.0 Å². The Bertz CT molecular complexity index is 1070. The number of alkyl halides is 3. The van der Waals surface area contributed by atoms with Crippen molar-refractivity contribution in [2.45, 2.75) is 38.0 Å². The SMILES string of the molecule is O=C(Cn1nc(C(F)(F)F)cc1C1CC1)Nc1ccn(Cc2c(Cl)cccc2Cl)n1. The monoisotopic (exact) mass is 457 g/mol. The lowest BCUT2D eigenvalue weighted by molar-refractivity contribution is -0.141. The summed E-state index contributed by atoms with van der Waals surface area (Å²) in [5.41, 5.74) is 0.126. The summed E-state index contributed by atoms with van der Waals surface area (Å²) in [6.07, 6.45) is -1.33. The van der Waals surface area contributed by atoms with E-state index in [2.05, 4.69) is 15.5 Å². The van der Waals surface area contributed by atoms with Gasteiger partial charge in [-0.2, -0.15) is 23.4 Å². The van der Waals surface area contributed by atoms with Crippen molar-refractivity contribution >= 4 is 34.9 Å². The summed E-state index contributed by atoms with van der Waals surface area (Å²) in [6, 6.07) is 7.76. The largest absolute Gasteiger partial charge is 0.435 e. The second-order valence-electron chi connectivity index (χ2n) is 7.03. The summed E-state index contributed by atoms with van der Waals surface area (Å²) in [7, 11) is 0. The van der Waals surface area contributed by atoms with E-state index in [1.807, 2.05) is 0 Å². The molecule has 3 aromatic rings. The van der Waals surface area contributed by atoms with Crippen LogP contribution in [0.5, 0.6) is 0 Å². The Labute approximate surface area is 179 Å². The highest BCUT2D eigenvalue weighted by atomic mass is 35.5. The molecule has 1 aliphatic rings. The van der Waals surface area contributed by atoms with Gasteiger partial charge in [0.2, 0.25) is 5.91 Å². The number of amides is 1. The third-order valence-electron chi connectivity index (χ3n) is 4.68. The van der Waals surface area contributed by atoms with Crippen LogP contribution in [0.4, 0.5) is 19.0 Å². The molecule has 11 heteroatoms. The summed E-state index contributed by atoms with van der Waals surface area (Å²) in [4.78, 5) is 12.4. The van der Waals surface area contributed by atoms with Gasteiger partial charge >= 0.3 is 6.18 Å². The Kier molecular flexibility index (Phi) is 5.50. The van der Waals surface area contributed by atoms with Gasteiger partial charge in [0, 0.05) is 39.5 Å². The van der Waals surface area contributed by atoms with Gasteiger partial charge in [0.25, 0.3) is 0 Å². The predicted molar refractivity (Wildman–Crippen MR) is 106 cm³/mol. The van der Waals surface area contributed by atoms with Crippen molar-refractivity contribution in [3.05, 3.63) is 63.5 Å². The molecule has 30 heavy (non-hydrogen) atoms. The van der Waals surface area contributed by atoms with Gasteiger partial charge in [0.15, 0.2) is 11.5 Å². The number of carbonyl (C=O) groups is 1. The molecule has 0 unspecified atom stereocenters. The first kappa shape index (κ1) is 20.7. The number of halogens is 5. The summed E-state index contributed by atoms with van der Waals surface area (Å²) in [5, 5.41) is 11.4. The molecule has 4 rings (SSSR count). The first-order valence-electron chi connectivity index (χ1n) is 9.12. The van der Waals surface area contributed by atoms with E-state index < -0.39 is 17.8 Å². The normalized spacial score (nSPS) is 14.2. The van der Waals surface area contributed by atoms with Crippen LogP contribution in [0.15, 0.2) is 36.5 Å². The van der Waals surface area contributed by atoms with Crippen molar-refractivity contribution < 1.29 is 18.0 Å². The van der Waals surface area contributed by atoms with Crippen LogP contribution in [0.25, 0.3) is 0 Å². The highest BCUT2D eigenvalue weighted by Crippen LogP contribution is 2.42. The second kappa shape index (κ2) is 7.96. The van der Waals surface area contributed by atoms with E-state index in [-0.39, 0.29) is 18.3 Å². The maximum atomic E-state index is 13.0. The number of hydrogen-bond acceptors (Lipinski definition) is 3. The lowest BCUT2D eigenvalue weighted by Crippen LogP contribution is -2.21. The highest BCUT2D eigenvalue weighted by Gasteiger charge is 2.38. The molecule has 0 saturated heterocycles. The zero-order chi connectivity index (χ0) is 21.5. The molecule has 0 bridgehead atoms. The maximum absolute atomic E-state index is 13.0. The molecule has 1 saturated carbocycles. The van der Waals surface area contributed by atoms with E-state index in [4.69, 9.17) is 23.2 Å². The van der Waals surface area contributed by atoms with Crippen molar-refractivity contribution in [3.8, 4) is 0 Å². The average Bonchev–Trinajstić information content (AvgIpc) is 3.26. The molecular formula is C19H16Cl2F3N5O. The quantitative estimate of drug-likeness (QED) is 0.568. The molecule has 1 aromatic carbocycles. The minimum Gasteiger partial charge on any atom is -0.308 e. The van der Waals surface area contributed by atoms with E-state index in [9.17, 15) is 18.0 Å². The van der Waals surface area contributed by atoms with Crippen LogP contribution in [-0.2, 0) is 24.1 Å². The van der Waals surface area contributed by atoms with E-state index in [1.165, 1.54) is 0 Å². The Balaban J connectivity index is 1.44. The molecule has 1 amide bonds. The van der Waals surface area contributed by atoms with E-state index >= 15 is 0 Å². The van der Waals surface area contributed by atoms with E-state index in [0.717, 1.165) is 23.6 Å². The molecule has 0 radical (unpaired) electrons. The molecule has 1 aliphatic carbocycles. The number of anilines is 1. The van der Waals surface area contributed by atoms with Crippen LogP contribution >= 0.6 is 23.2 Å². The summed E-state index contributed by atoms with van der Waals surface area (Å²) in [5.74, 6) is -0.241. The molecule has 0 atom stereocenters. The third-order valence-corrected chi connectivity index (χ3v) is 5.39. The van der Waals surface area contributed by atoms with Crippen LogP contribution in [0.2, 0.25) is 10.0 Å². The second-order valence-corrected chi connectivity index (χ2v) is 7.85. The van der Waals surface area contributed by atoms with Crippen molar-refractivity contribution in [2.24, 2.45) is 0 Å². The molecule has 2 aromatic heterocycles. The Hall–Kier alpha value is -2.52. The Morgan fingerprint density at radius 2 is 1.87 bits per heavy atom. The number of aromatic nitrogens is 4. The lowest BCUT2D eigenvalue weighted by Gasteiger charge is -2.08. The fraction of sp³-hybridized carbons (Fsp3) is 0.316. The molecule has 1 fully saturated rings. The number of rotatable bonds is 6. The topological polar surface area (TPSA) is 64.7 Å². The smallest absolute Gasteiger partial charge is 0.308 e. The Morgan fingerprint density at radius 1 is 1.17 bits per heavy atom. The highest BCUT2D eigenvalue weighted by molar-refractivity contribution is 6.35. The minimum absolute atomic E-state index is 0.0148. The number of carbonyl (C=O) groups excluding carboxylic acids is 1. The predicted octanol–water partition coefficient (Wildman–Crippen LogP) is 4.97. The molecule has 2 heterocycles. The molecular weight excluding hydrogens is 442 g/mol. The van der Waals surface area contributed by atoms with Crippen molar-refractivity contribution in [1.82, 2.24) is 19.6 Å². The van der Waals surface area contributed by atoms with Crippen LogP contribution in [0.1, 0.15) is 35.7 Å². The number of hydrogen-bond donors (Lipinski definition) is 1. The summed E-state index contributed by atoms with van der Waals surface area (Å²) in [6.45, 7) is -0.0284. The standard InChI is InChI=1S/C19H16Cl2F3N5O/c20-13-2-1-3-14(21)12(13)9-28-7-6-17(27-28)25-18(30)10-29-15(11-4-5-11)8-16(26-29)19(22,23)24/h1-3,6-8,11H,4-5,9-10H2,(H,25,27,30). The van der Waals surface area contributed by atoms with Crippen LogP contribution < -0.4 is 5.32 Å². The minimum atomic E-state index is -4.55. The fourth-order valence-electron chi connectivity index (χ4n) is 3.08. The first-order chi connectivity index (χ1) is 14.2. The Morgan fingerprint density at radius 3 is 2.50 bits per heavy atom. The van der Waals surface area contributed by atoms with Gasteiger partial charge in [0.1, 0.15) is 6.54 Å². The number of benzene rings is 1. The van der Waals surface area contributed by atoms with Gasteiger partial charge in [-0.15, -0.1) is 0 Å². The van der Waals surface area contributed by atoms with Crippen molar-refractivity contribution in [2.75, 3.05) is 5.32 Å². The maximum Gasteiger partial charge on any atom is 0.435 e. The van der Waals surface area contributed by atoms with Gasteiger partial charge in [-0.25, -0.2) is 0 Å². The summed E-state index contributed by atoms with van der Waals surface area (Å²) < 4.78 is 41.6. The van der Waals surface area contributed by atoms with Crippen molar-refractivity contribution in [3.63, 3.8) is 0 Å². The van der Waals surface area contributed by atoms with Gasteiger partial charge in [-0.1, -0.05) is 29.3 Å². The van der Waals surface area contributed by atoms with Crippen molar-refractivity contribution in [1.29, 1.82) is 0 Å². The first-order valence-corrected chi connectivity index (χ1v) is 9.87. The zero-order valence-corrected chi connectivity index (χ0v) is 17.0. The van der Waals surface area contributed by atoms with Gasteiger partial charge < -0.3 is 5.32 Å². The van der Waals surface area contributed by atoms with Crippen LogP contribution in [0.3, 0.4) is 0 Å². The molecule has 6 nitrogen and oxygen atoms in total. The zero-order valence-electron chi connectivity index (χ0n) is 15.5. The van der Waals surface area contributed by atoms with Gasteiger partial charge in [0.05, 0.1) is 6.54 Å². The van der Waals surface area contributed by atoms with Crippen LogP contribution in [0, 0.1) is 0 Å². The van der Waals surface area contributed by atoms with E-state index in [0.29, 0.717) is 27.8 Å². The van der Waals surface area contributed by atoms with Gasteiger partial charge in [-0.3, -0.25) is 14.2 Å². The lowest BCUT2D eigenvalue weighted by atomic mass is 10.2. The fourth-order valence-corrected chi connectivity index (χ4v) is 3.60. The molecule has 1 N–H and O–H groups in total. The molecule has 0 spiro atoms. The molecule has 158 valence electrons. The third kappa shape index (κ3) is 4.62. The summed E-state index contributed by atoms with van der Waals surface area (Å²) >= 11 is 12.3. The molecule has 0 aliphatic heterocycles. The number of nitrogens with zero attached hydrogens (tertiary/aromatic N) is 4. The van der Waals surface area contributed by atoms with Crippen LogP contribution in [-0.4, -0.2) is 25.5 Å².